The van der Waals surface area contributed by atoms with Crippen molar-refractivity contribution in [1.29, 1.82) is 0 Å². The Morgan fingerprint density at radius 2 is 2.18 bits per heavy atom. The molecular formula is C12H22N2O3. The van der Waals surface area contributed by atoms with Gasteiger partial charge in [0.1, 0.15) is 5.60 Å². The Morgan fingerprint density at radius 3 is 2.65 bits per heavy atom. The second-order valence-electron chi connectivity index (χ2n) is 5.51. The standard InChI is InChI=1S/C12H22N2O3/c1-8(2)12(16)6-14(7-12)11(15)10-4-9(17-3)5-13-10/h8-10,13,16H,4-7H2,1-3H3. The van der Waals surface area contributed by atoms with Gasteiger partial charge in [0.25, 0.3) is 0 Å². The number of methoxy groups -OCH3 is 1. The molecule has 98 valence electrons. The number of rotatable bonds is 3. The van der Waals surface area contributed by atoms with Crippen LogP contribution in [0.2, 0.25) is 0 Å². The number of β-amino-alcohol motifs (C(OH)–C–C–N with tert-alkyl or cyclic N) is 1. The maximum atomic E-state index is 12.1. The van der Waals surface area contributed by atoms with Crippen molar-refractivity contribution in [2.24, 2.45) is 5.92 Å². The number of hydrogen-bond acceptors (Lipinski definition) is 4. The number of nitrogens with one attached hydrogen (secondary N) is 1. The predicted molar refractivity (Wildman–Crippen MR) is 63.6 cm³/mol. The molecule has 0 aliphatic carbocycles. The number of hydrogen-bond donors (Lipinski definition) is 2. The quantitative estimate of drug-likeness (QED) is 0.706. The van der Waals surface area contributed by atoms with Crippen LogP contribution in [-0.4, -0.2) is 60.4 Å². The Hall–Kier alpha value is -0.650. The molecule has 0 saturated carbocycles. The Bertz CT molecular complexity index is 300. The van der Waals surface area contributed by atoms with Crippen LogP contribution in [0.1, 0.15) is 20.3 Å². The van der Waals surface area contributed by atoms with Gasteiger partial charge in [-0.15, -0.1) is 0 Å². The molecule has 2 atom stereocenters. The molecule has 2 aliphatic rings. The first-order valence-electron chi connectivity index (χ1n) is 6.23. The van der Waals surface area contributed by atoms with Gasteiger partial charge in [0.2, 0.25) is 5.91 Å². The zero-order chi connectivity index (χ0) is 12.6. The molecular weight excluding hydrogens is 220 g/mol. The van der Waals surface area contributed by atoms with E-state index in [-0.39, 0.29) is 24.0 Å². The highest BCUT2D eigenvalue weighted by Crippen LogP contribution is 2.29. The fourth-order valence-corrected chi connectivity index (χ4v) is 2.43. The third-order valence-corrected chi connectivity index (χ3v) is 4.04. The molecule has 0 radical (unpaired) electrons. The van der Waals surface area contributed by atoms with Gasteiger partial charge in [-0.25, -0.2) is 0 Å². The van der Waals surface area contributed by atoms with Gasteiger partial charge >= 0.3 is 0 Å². The van der Waals surface area contributed by atoms with Gasteiger partial charge in [0, 0.05) is 13.7 Å². The van der Waals surface area contributed by atoms with E-state index >= 15 is 0 Å². The van der Waals surface area contributed by atoms with Crippen molar-refractivity contribution in [1.82, 2.24) is 10.2 Å². The summed E-state index contributed by atoms with van der Waals surface area (Å²) in [6.45, 7) is 5.61. The second kappa shape index (κ2) is 4.55. The van der Waals surface area contributed by atoms with Gasteiger partial charge in [0.15, 0.2) is 0 Å². The average molecular weight is 242 g/mol. The molecule has 2 rings (SSSR count). The summed E-state index contributed by atoms with van der Waals surface area (Å²) in [4.78, 5) is 13.8. The van der Waals surface area contributed by atoms with E-state index in [0.717, 1.165) is 13.0 Å². The predicted octanol–water partition coefficient (Wildman–Crippen LogP) is -0.407. The van der Waals surface area contributed by atoms with Crippen LogP contribution in [0.4, 0.5) is 0 Å². The highest BCUT2D eigenvalue weighted by Gasteiger charge is 2.47. The summed E-state index contributed by atoms with van der Waals surface area (Å²) in [5.74, 6) is 0.282. The molecule has 0 spiro atoms. The smallest absolute Gasteiger partial charge is 0.240 e. The molecule has 0 aromatic heterocycles. The zero-order valence-corrected chi connectivity index (χ0v) is 10.8. The number of likely N-dealkylation sites (tertiary alicyclic amines) is 1. The fourth-order valence-electron chi connectivity index (χ4n) is 2.43. The molecule has 1 amide bonds. The van der Waals surface area contributed by atoms with Crippen LogP contribution in [0.25, 0.3) is 0 Å². The second-order valence-corrected chi connectivity index (χ2v) is 5.51. The summed E-state index contributed by atoms with van der Waals surface area (Å²) in [6, 6.07) is -0.142. The molecule has 2 heterocycles. The molecule has 2 unspecified atom stereocenters. The molecule has 2 saturated heterocycles. The van der Waals surface area contributed by atoms with Crippen molar-refractivity contribution in [3.05, 3.63) is 0 Å². The van der Waals surface area contributed by atoms with Crippen LogP contribution < -0.4 is 5.32 Å². The van der Waals surface area contributed by atoms with E-state index < -0.39 is 5.60 Å². The number of amides is 1. The maximum absolute atomic E-state index is 12.1. The van der Waals surface area contributed by atoms with Gasteiger partial charge < -0.3 is 20.1 Å². The molecule has 2 N–H and O–H groups in total. The van der Waals surface area contributed by atoms with Crippen LogP contribution >= 0.6 is 0 Å². The van der Waals surface area contributed by atoms with E-state index in [4.69, 9.17) is 4.74 Å². The first-order valence-corrected chi connectivity index (χ1v) is 6.23. The van der Waals surface area contributed by atoms with Crippen LogP contribution in [0, 0.1) is 5.92 Å². The van der Waals surface area contributed by atoms with Crippen molar-refractivity contribution in [3.8, 4) is 0 Å². The van der Waals surface area contributed by atoms with Gasteiger partial charge in [-0.1, -0.05) is 13.8 Å². The zero-order valence-electron chi connectivity index (χ0n) is 10.8. The Kier molecular flexibility index (Phi) is 3.43. The molecule has 5 nitrogen and oxygen atoms in total. The lowest BCUT2D eigenvalue weighted by molar-refractivity contribution is -0.165. The molecule has 0 bridgehead atoms. The Morgan fingerprint density at radius 1 is 1.53 bits per heavy atom. The summed E-state index contributed by atoms with van der Waals surface area (Å²) in [5, 5.41) is 13.3. The monoisotopic (exact) mass is 242 g/mol. The van der Waals surface area contributed by atoms with Gasteiger partial charge in [-0.05, 0) is 12.3 Å². The summed E-state index contributed by atoms with van der Waals surface area (Å²) in [5.41, 5.74) is -0.686. The van der Waals surface area contributed by atoms with Crippen LogP contribution in [0.5, 0.6) is 0 Å². The van der Waals surface area contributed by atoms with Gasteiger partial charge in [-0.2, -0.15) is 0 Å². The van der Waals surface area contributed by atoms with E-state index in [9.17, 15) is 9.90 Å². The molecule has 2 aliphatic heterocycles. The molecule has 17 heavy (non-hydrogen) atoms. The van der Waals surface area contributed by atoms with Crippen molar-refractivity contribution in [2.75, 3.05) is 26.7 Å². The Balaban J connectivity index is 1.84. The topological polar surface area (TPSA) is 61.8 Å². The van der Waals surface area contributed by atoms with Crippen LogP contribution in [0.3, 0.4) is 0 Å². The number of nitrogens with zero attached hydrogens (tertiary/aromatic N) is 1. The van der Waals surface area contributed by atoms with Crippen LogP contribution in [-0.2, 0) is 9.53 Å². The minimum absolute atomic E-state index is 0.0925. The van der Waals surface area contributed by atoms with E-state index in [1.165, 1.54) is 0 Å². The third kappa shape index (κ3) is 2.32. The van der Waals surface area contributed by atoms with E-state index in [1.807, 2.05) is 13.8 Å². The first kappa shape index (κ1) is 12.8. The highest BCUT2D eigenvalue weighted by atomic mass is 16.5. The van der Waals surface area contributed by atoms with E-state index in [2.05, 4.69) is 5.32 Å². The SMILES string of the molecule is COC1CNC(C(=O)N2CC(O)(C(C)C)C2)C1. The maximum Gasteiger partial charge on any atom is 0.240 e. The minimum atomic E-state index is -0.686. The summed E-state index contributed by atoms with van der Waals surface area (Å²) < 4.78 is 5.22. The number of aliphatic hydroxyl groups is 1. The summed E-state index contributed by atoms with van der Waals surface area (Å²) in [6.07, 6.45) is 0.862. The van der Waals surface area contributed by atoms with Gasteiger partial charge in [-0.3, -0.25) is 4.79 Å². The first-order chi connectivity index (χ1) is 7.96. The van der Waals surface area contributed by atoms with Crippen molar-refractivity contribution >= 4 is 5.91 Å². The van der Waals surface area contributed by atoms with Gasteiger partial charge in [0.05, 0.1) is 25.2 Å². The number of carbonyl (C=O) groups excluding carboxylic acids is 1. The van der Waals surface area contributed by atoms with E-state index in [1.54, 1.807) is 12.0 Å². The molecule has 5 heteroatoms. The Labute approximate surface area is 102 Å². The van der Waals surface area contributed by atoms with Crippen molar-refractivity contribution in [2.45, 2.75) is 38.0 Å². The summed E-state index contributed by atoms with van der Waals surface area (Å²) in [7, 11) is 1.67. The lowest BCUT2D eigenvalue weighted by Gasteiger charge is -2.49. The average Bonchev–Trinajstić information content (AvgIpc) is 2.71. The van der Waals surface area contributed by atoms with Crippen molar-refractivity contribution < 1.29 is 14.6 Å². The molecule has 0 aromatic rings. The number of carbonyl (C=O) groups is 1. The summed E-state index contributed by atoms with van der Waals surface area (Å²) >= 11 is 0. The molecule has 2 fully saturated rings. The molecule has 0 aromatic carbocycles. The third-order valence-electron chi connectivity index (χ3n) is 4.04. The van der Waals surface area contributed by atoms with E-state index in [0.29, 0.717) is 13.1 Å². The fraction of sp³-hybridized carbons (Fsp3) is 0.917. The normalized spacial score (nSPS) is 31.7. The highest BCUT2D eigenvalue weighted by molar-refractivity contribution is 5.83. The number of ether oxygens (including phenoxy) is 1. The lowest BCUT2D eigenvalue weighted by atomic mass is 9.82. The largest absolute Gasteiger partial charge is 0.386 e. The van der Waals surface area contributed by atoms with Crippen molar-refractivity contribution in [3.63, 3.8) is 0 Å². The van der Waals surface area contributed by atoms with Crippen LogP contribution in [0.15, 0.2) is 0 Å². The lowest BCUT2D eigenvalue weighted by Crippen LogP contribution is -2.67. The minimum Gasteiger partial charge on any atom is -0.386 e.